The lowest BCUT2D eigenvalue weighted by Gasteiger charge is -2.11. The lowest BCUT2D eigenvalue weighted by Crippen LogP contribution is -2.36. The Labute approximate surface area is 117 Å². The molecule has 0 saturated heterocycles. The van der Waals surface area contributed by atoms with Crippen molar-refractivity contribution in [1.82, 2.24) is 10.3 Å². The average Bonchev–Trinajstić information content (AvgIpc) is 2.66. The molecule has 2 aromatic heterocycles. The predicted octanol–water partition coefficient (Wildman–Crippen LogP) is 1.38. The normalized spacial score (nSPS) is 14.2. The molecule has 0 radical (unpaired) electrons. The Morgan fingerprint density at radius 1 is 1.63 bits per heavy atom. The summed E-state index contributed by atoms with van der Waals surface area (Å²) in [5.41, 5.74) is 6.46. The van der Waals surface area contributed by atoms with Gasteiger partial charge in [-0.05, 0) is 13.0 Å². The van der Waals surface area contributed by atoms with E-state index in [4.69, 9.17) is 5.73 Å². The molecule has 2 atom stereocenters. The standard InChI is InChI=1S/C12H15N3O2S2/c1-7(6-19(2)17)15-12(16)11-10(13)8-3-4-14-5-9(8)18-11/h3-5,7H,6,13H2,1-2H3,(H,15,16). The summed E-state index contributed by atoms with van der Waals surface area (Å²) in [6, 6.07) is 1.64. The van der Waals surface area contributed by atoms with Gasteiger partial charge in [-0.15, -0.1) is 11.3 Å². The highest BCUT2D eigenvalue weighted by Gasteiger charge is 2.18. The summed E-state index contributed by atoms with van der Waals surface area (Å²) in [4.78, 5) is 16.6. The van der Waals surface area contributed by atoms with Crippen LogP contribution >= 0.6 is 11.3 Å². The number of nitrogens with one attached hydrogen (secondary N) is 1. The van der Waals surface area contributed by atoms with Gasteiger partial charge in [0.15, 0.2) is 0 Å². The van der Waals surface area contributed by atoms with Crippen LogP contribution in [0.25, 0.3) is 10.1 Å². The van der Waals surface area contributed by atoms with E-state index < -0.39 is 10.8 Å². The topological polar surface area (TPSA) is 85.1 Å². The molecule has 0 saturated carbocycles. The molecule has 2 rings (SSSR count). The number of nitrogen functional groups attached to an aromatic ring is 1. The quantitative estimate of drug-likeness (QED) is 0.892. The van der Waals surface area contributed by atoms with E-state index in [1.165, 1.54) is 11.3 Å². The van der Waals surface area contributed by atoms with Crippen molar-refractivity contribution in [2.75, 3.05) is 17.7 Å². The molecule has 0 aliphatic rings. The minimum absolute atomic E-state index is 0.152. The first kappa shape index (κ1) is 14.0. The van der Waals surface area contributed by atoms with Crippen LogP contribution in [0.5, 0.6) is 0 Å². The highest BCUT2D eigenvalue weighted by Crippen LogP contribution is 2.32. The van der Waals surface area contributed by atoms with Crippen LogP contribution in [0.4, 0.5) is 5.69 Å². The van der Waals surface area contributed by atoms with Gasteiger partial charge in [0, 0.05) is 46.6 Å². The average molecular weight is 297 g/mol. The number of nitrogens with zero attached hydrogens (tertiary/aromatic N) is 1. The van der Waals surface area contributed by atoms with Crippen LogP contribution in [-0.4, -0.2) is 33.2 Å². The first-order chi connectivity index (χ1) is 8.99. The maximum atomic E-state index is 12.1. The molecule has 19 heavy (non-hydrogen) atoms. The van der Waals surface area contributed by atoms with Gasteiger partial charge in [0.2, 0.25) is 0 Å². The smallest absolute Gasteiger partial charge is 0.263 e. The van der Waals surface area contributed by atoms with E-state index >= 15 is 0 Å². The van der Waals surface area contributed by atoms with Gasteiger partial charge in [-0.25, -0.2) is 0 Å². The highest BCUT2D eigenvalue weighted by molar-refractivity contribution is 7.84. The SMILES string of the molecule is CC(CS(C)=O)NC(=O)c1sc2cnccc2c1N. The summed E-state index contributed by atoms with van der Waals surface area (Å²) in [7, 11) is -0.941. The second-order valence-corrected chi connectivity index (χ2v) is 6.86. The second-order valence-electron chi connectivity index (χ2n) is 4.33. The molecule has 0 fully saturated rings. The van der Waals surface area contributed by atoms with Crippen LogP contribution in [-0.2, 0) is 10.8 Å². The first-order valence-corrected chi connectivity index (χ1v) is 8.26. The Balaban J connectivity index is 2.22. The number of aromatic nitrogens is 1. The number of fused-ring (bicyclic) bond motifs is 1. The Morgan fingerprint density at radius 2 is 2.37 bits per heavy atom. The predicted molar refractivity (Wildman–Crippen MR) is 79.9 cm³/mol. The van der Waals surface area contributed by atoms with Crippen molar-refractivity contribution in [2.45, 2.75) is 13.0 Å². The lowest BCUT2D eigenvalue weighted by molar-refractivity contribution is 0.0948. The highest BCUT2D eigenvalue weighted by atomic mass is 32.2. The van der Waals surface area contributed by atoms with Gasteiger partial charge in [-0.2, -0.15) is 0 Å². The van der Waals surface area contributed by atoms with E-state index in [1.54, 1.807) is 24.7 Å². The molecule has 3 N–H and O–H groups in total. The summed E-state index contributed by atoms with van der Waals surface area (Å²) < 4.78 is 12.0. The second kappa shape index (κ2) is 5.66. The summed E-state index contributed by atoms with van der Waals surface area (Å²) in [5.74, 6) is 0.203. The summed E-state index contributed by atoms with van der Waals surface area (Å²) in [6.45, 7) is 1.82. The van der Waals surface area contributed by atoms with Gasteiger partial charge in [0.05, 0.1) is 10.4 Å². The molecule has 2 heterocycles. The molecule has 2 unspecified atom stereocenters. The number of pyridine rings is 1. The summed E-state index contributed by atoms with van der Waals surface area (Å²) >= 11 is 1.32. The fourth-order valence-corrected chi connectivity index (χ4v) is 3.60. The third kappa shape index (κ3) is 3.10. The number of hydrogen-bond donors (Lipinski definition) is 2. The van der Waals surface area contributed by atoms with Gasteiger partial charge in [-0.3, -0.25) is 14.0 Å². The Hall–Kier alpha value is -1.47. The Bertz CT molecular complexity index is 639. The van der Waals surface area contributed by atoms with Crippen molar-refractivity contribution in [2.24, 2.45) is 0 Å². The molecule has 0 bridgehead atoms. The van der Waals surface area contributed by atoms with Crippen molar-refractivity contribution in [3.8, 4) is 0 Å². The van der Waals surface area contributed by atoms with Gasteiger partial charge < -0.3 is 11.1 Å². The van der Waals surface area contributed by atoms with E-state index in [1.807, 2.05) is 6.92 Å². The monoisotopic (exact) mass is 297 g/mol. The largest absolute Gasteiger partial charge is 0.397 e. The van der Waals surface area contributed by atoms with Crippen LogP contribution in [0.2, 0.25) is 0 Å². The zero-order chi connectivity index (χ0) is 14.0. The Morgan fingerprint density at radius 3 is 3.00 bits per heavy atom. The summed E-state index contributed by atoms with van der Waals surface area (Å²) in [6.07, 6.45) is 4.95. The van der Waals surface area contributed by atoms with E-state index in [0.29, 0.717) is 16.3 Å². The minimum atomic E-state index is -0.941. The third-order valence-electron chi connectivity index (χ3n) is 2.60. The summed E-state index contributed by atoms with van der Waals surface area (Å²) in [5, 5.41) is 3.65. The van der Waals surface area contributed by atoms with Gasteiger partial charge in [-0.1, -0.05) is 0 Å². The van der Waals surface area contributed by atoms with Crippen molar-refractivity contribution in [3.05, 3.63) is 23.3 Å². The molecule has 1 amide bonds. The number of hydrogen-bond acceptors (Lipinski definition) is 5. The van der Waals surface area contributed by atoms with Crippen LogP contribution in [0.1, 0.15) is 16.6 Å². The van der Waals surface area contributed by atoms with Crippen molar-refractivity contribution in [3.63, 3.8) is 0 Å². The number of carbonyl (C=O) groups excluding carboxylic acids is 1. The van der Waals surface area contributed by atoms with Crippen molar-refractivity contribution >= 4 is 43.8 Å². The molecule has 0 spiro atoms. The molecule has 2 aromatic rings. The fourth-order valence-electron chi connectivity index (χ4n) is 1.82. The number of anilines is 1. The van der Waals surface area contributed by atoms with Crippen molar-refractivity contribution < 1.29 is 9.00 Å². The van der Waals surface area contributed by atoms with Crippen LogP contribution in [0.3, 0.4) is 0 Å². The lowest BCUT2D eigenvalue weighted by atomic mass is 10.2. The van der Waals surface area contributed by atoms with Gasteiger partial charge in [0.25, 0.3) is 5.91 Å². The molecule has 5 nitrogen and oxygen atoms in total. The van der Waals surface area contributed by atoms with Gasteiger partial charge >= 0.3 is 0 Å². The Kier molecular flexibility index (Phi) is 4.16. The van der Waals surface area contributed by atoms with Crippen LogP contribution in [0, 0.1) is 0 Å². The molecule has 0 aliphatic carbocycles. The first-order valence-electron chi connectivity index (χ1n) is 5.72. The number of amides is 1. The van der Waals surface area contributed by atoms with E-state index in [0.717, 1.165) is 10.1 Å². The number of thiophene rings is 1. The molecule has 7 heteroatoms. The number of rotatable bonds is 4. The maximum Gasteiger partial charge on any atom is 0.263 e. The van der Waals surface area contributed by atoms with E-state index in [-0.39, 0.29) is 11.9 Å². The van der Waals surface area contributed by atoms with Crippen molar-refractivity contribution in [1.29, 1.82) is 0 Å². The zero-order valence-electron chi connectivity index (χ0n) is 10.7. The third-order valence-corrected chi connectivity index (χ3v) is 4.72. The van der Waals surface area contributed by atoms with Crippen LogP contribution in [0.15, 0.2) is 18.5 Å². The van der Waals surface area contributed by atoms with E-state index in [9.17, 15) is 9.00 Å². The van der Waals surface area contributed by atoms with E-state index in [2.05, 4.69) is 10.3 Å². The maximum absolute atomic E-state index is 12.1. The molecular weight excluding hydrogens is 282 g/mol. The minimum Gasteiger partial charge on any atom is -0.397 e. The molecule has 102 valence electrons. The number of nitrogens with two attached hydrogens (primary N) is 1. The van der Waals surface area contributed by atoms with Gasteiger partial charge in [0.1, 0.15) is 4.88 Å². The molecular formula is C12H15N3O2S2. The fraction of sp³-hybridized carbons (Fsp3) is 0.333. The molecule has 0 aromatic carbocycles. The van der Waals surface area contributed by atoms with Crippen LogP contribution < -0.4 is 11.1 Å². The molecule has 0 aliphatic heterocycles. The zero-order valence-corrected chi connectivity index (χ0v) is 12.3. The number of carbonyl (C=O) groups is 1.